The molecule has 0 atom stereocenters. The number of aromatic nitrogens is 1. The van der Waals surface area contributed by atoms with Gasteiger partial charge in [-0.25, -0.2) is 0 Å². The van der Waals surface area contributed by atoms with Crippen LogP contribution in [0.4, 0.5) is 5.69 Å². The molecule has 1 aromatic heterocycles. The molecule has 0 spiro atoms. The largest absolute Gasteiger partial charge is 0.360 e. The summed E-state index contributed by atoms with van der Waals surface area (Å²) in [4.78, 5) is 6.85. The van der Waals surface area contributed by atoms with Crippen molar-refractivity contribution >= 4 is 18.5 Å². The minimum atomic E-state index is 0.901. The van der Waals surface area contributed by atoms with Crippen LogP contribution in [0.15, 0.2) is 23.3 Å². The first-order chi connectivity index (χ1) is 5.88. The molecule has 1 heterocycles. The average Bonchev–Trinajstić information content (AvgIpc) is 2.56. The molecule has 0 bridgehead atoms. The first-order valence-corrected chi connectivity index (χ1v) is 4.15. The standard InChI is InChI=1S/C8H10N2.C2H6/c1-3-4-8-7(9-2)5-6-10-8;1-2/h3-6,10H,2H2,1H3;1-2H3/b4-3-;. The first kappa shape index (κ1) is 10.7. The lowest BCUT2D eigenvalue weighted by molar-refractivity contribution is 1.36. The van der Waals surface area contributed by atoms with Crippen LogP contribution < -0.4 is 0 Å². The van der Waals surface area contributed by atoms with Gasteiger partial charge in [0.05, 0.1) is 11.4 Å². The summed E-state index contributed by atoms with van der Waals surface area (Å²) in [5.41, 5.74) is 1.91. The van der Waals surface area contributed by atoms with Crippen molar-refractivity contribution in [3.05, 3.63) is 24.0 Å². The third-order valence-corrected chi connectivity index (χ3v) is 1.26. The fourth-order valence-corrected chi connectivity index (χ4v) is 0.812. The Balaban J connectivity index is 0.000000561. The Labute approximate surface area is 74.0 Å². The van der Waals surface area contributed by atoms with E-state index in [1.807, 2.05) is 45.2 Å². The zero-order chi connectivity index (χ0) is 9.40. The third kappa shape index (κ3) is 2.74. The molecule has 0 aromatic carbocycles. The second-order valence-corrected chi connectivity index (χ2v) is 1.93. The number of rotatable bonds is 2. The highest BCUT2D eigenvalue weighted by Crippen LogP contribution is 2.17. The topological polar surface area (TPSA) is 28.1 Å². The Morgan fingerprint density at radius 3 is 2.67 bits per heavy atom. The summed E-state index contributed by atoms with van der Waals surface area (Å²) in [6.45, 7) is 9.41. The monoisotopic (exact) mass is 164 g/mol. The van der Waals surface area contributed by atoms with Gasteiger partial charge in [0, 0.05) is 6.20 Å². The van der Waals surface area contributed by atoms with Gasteiger partial charge < -0.3 is 4.98 Å². The number of nitrogens with zero attached hydrogens (tertiary/aromatic N) is 1. The van der Waals surface area contributed by atoms with Crippen molar-refractivity contribution in [1.29, 1.82) is 0 Å². The van der Waals surface area contributed by atoms with E-state index in [9.17, 15) is 0 Å². The Morgan fingerprint density at radius 1 is 1.50 bits per heavy atom. The van der Waals surface area contributed by atoms with E-state index in [1.165, 1.54) is 0 Å². The second-order valence-electron chi connectivity index (χ2n) is 1.93. The maximum atomic E-state index is 3.82. The van der Waals surface area contributed by atoms with Crippen LogP contribution >= 0.6 is 0 Å². The molecule has 0 aliphatic carbocycles. The van der Waals surface area contributed by atoms with Crippen LogP contribution in [0, 0.1) is 0 Å². The highest BCUT2D eigenvalue weighted by Gasteiger charge is 1.93. The summed E-state index contributed by atoms with van der Waals surface area (Å²) in [5, 5.41) is 0. The number of aliphatic imine (C=N–C) groups is 1. The maximum absolute atomic E-state index is 3.82. The summed E-state index contributed by atoms with van der Waals surface area (Å²) < 4.78 is 0. The quantitative estimate of drug-likeness (QED) is 0.649. The number of hydrogen-bond donors (Lipinski definition) is 1. The van der Waals surface area contributed by atoms with Gasteiger partial charge in [0.15, 0.2) is 0 Å². The fraction of sp³-hybridized carbons (Fsp3) is 0.300. The summed E-state index contributed by atoms with van der Waals surface area (Å²) in [5.74, 6) is 0. The van der Waals surface area contributed by atoms with Gasteiger partial charge in [-0.3, -0.25) is 4.99 Å². The van der Waals surface area contributed by atoms with Gasteiger partial charge >= 0.3 is 0 Å². The molecule has 2 nitrogen and oxygen atoms in total. The molecule has 0 aliphatic heterocycles. The van der Waals surface area contributed by atoms with Crippen molar-refractivity contribution in [1.82, 2.24) is 4.98 Å². The molecule has 0 saturated heterocycles. The van der Waals surface area contributed by atoms with Crippen LogP contribution in [0.25, 0.3) is 6.08 Å². The molecule has 0 fully saturated rings. The molecule has 66 valence electrons. The Bertz CT molecular complexity index is 246. The van der Waals surface area contributed by atoms with E-state index < -0.39 is 0 Å². The van der Waals surface area contributed by atoms with Gasteiger partial charge in [0.25, 0.3) is 0 Å². The highest BCUT2D eigenvalue weighted by molar-refractivity contribution is 5.62. The summed E-state index contributed by atoms with van der Waals surface area (Å²) in [6.07, 6.45) is 5.77. The Kier molecular flexibility index (Phi) is 5.70. The Hall–Kier alpha value is -1.31. The zero-order valence-electron chi connectivity index (χ0n) is 7.96. The lowest BCUT2D eigenvalue weighted by Gasteiger charge is -1.87. The fourth-order valence-electron chi connectivity index (χ4n) is 0.812. The Morgan fingerprint density at radius 2 is 2.17 bits per heavy atom. The first-order valence-electron chi connectivity index (χ1n) is 4.15. The van der Waals surface area contributed by atoms with Crippen LogP contribution in [0.3, 0.4) is 0 Å². The van der Waals surface area contributed by atoms with Crippen LogP contribution in [-0.2, 0) is 0 Å². The van der Waals surface area contributed by atoms with E-state index in [0.29, 0.717) is 0 Å². The number of aromatic amines is 1. The predicted octanol–water partition coefficient (Wildman–Crippen LogP) is 3.41. The van der Waals surface area contributed by atoms with Crippen molar-refractivity contribution in [2.75, 3.05) is 0 Å². The smallest absolute Gasteiger partial charge is 0.0871 e. The SMILES string of the molecule is C=Nc1cc[nH]c1/C=C\C.CC. The van der Waals surface area contributed by atoms with Crippen LogP contribution in [0.2, 0.25) is 0 Å². The van der Waals surface area contributed by atoms with E-state index in [0.717, 1.165) is 11.4 Å². The molecule has 0 unspecified atom stereocenters. The number of H-pyrrole nitrogens is 1. The van der Waals surface area contributed by atoms with Crippen molar-refractivity contribution in [2.45, 2.75) is 20.8 Å². The zero-order valence-corrected chi connectivity index (χ0v) is 7.96. The average molecular weight is 164 g/mol. The predicted molar refractivity (Wildman–Crippen MR) is 56.1 cm³/mol. The molecule has 1 N–H and O–H groups in total. The van der Waals surface area contributed by atoms with Gasteiger partial charge in [-0.15, -0.1) is 0 Å². The minimum absolute atomic E-state index is 0.901. The summed E-state index contributed by atoms with van der Waals surface area (Å²) >= 11 is 0. The molecule has 12 heavy (non-hydrogen) atoms. The number of nitrogens with one attached hydrogen (secondary N) is 1. The minimum Gasteiger partial charge on any atom is -0.360 e. The van der Waals surface area contributed by atoms with Gasteiger partial charge in [-0.05, 0) is 25.8 Å². The van der Waals surface area contributed by atoms with Crippen molar-refractivity contribution in [3.63, 3.8) is 0 Å². The molecule has 0 amide bonds. The van der Waals surface area contributed by atoms with Gasteiger partial charge in [0.1, 0.15) is 0 Å². The molecule has 1 aromatic rings. The van der Waals surface area contributed by atoms with Crippen molar-refractivity contribution in [2.24, 2.45) is 4.99 Å². The van der Waals surface area contributed by atoms with Crippen LogP contribution in [0.1, 0.15) is 26.5 Å². The van der Waals surface area contributed by atoms with Gasteiger partial charge in [-0.2, -0.15) is 0 Å². The number of hydrogen-bond acceptors (Lipinski definition) is 1. The van der Waals surface area contributed by atoms with Crippen molar-refractivity contribution < 1.29 is 0 Å². The lowest BCUT2D eigenvalue weighted by atomic mass is 10.3. The van der Waals surface area contributed by atoms with Crippen LogP contribution in [-0.4, -0.2) is 11.7 Å². The molecule has 0 aliphatic rings. The molecular formula is C10H16N2. The van der Waals surface area contributed by atoms with E-state index in [1.54, 1.807) is 0 Å². The molecule has 2 heteroatoms. The molecule has 0 saturated carbocycles. The normalized spacial score (nSPS) is 9.25. The maximum Gasteiger partial charge on any atom is 0.0871 e. The van der Waals surface area contributed by atoms with E-state index in [-0.39, 0.29) is 0 Å². The van der Waals surface area contributed by atoms with Gasteiger partial charge in [0.2, 0.25) is 0 Å². The van der Waals surface area contributed by atoms with E-state index in [2.05, 4.69) is 16.7 Å². The highest BCUT2D eigenvalue weighted by atomic mass is 14.8. The summed E-state index contributed by atoms with van der Waals surface area (Å²) in [7, 11) is 0. The number of allylic oxidation sites excluding steroid dienone is 1. The summed E-state index contributed by atoms with van der Waals surface area (Å²) in [6, 6.07) is 1.89. The van der Waals surface area contributed by atoms with Gasteiger partial charge in [-0.1, -0.05) is 19.9 Å². The molecular weight excluding hydrogens is 148 g/mol. The van der Waals surface area contributed by atoms with E-state index in [4.69, 9.17) is 0 Å². The lowest BCUT2D eigenvalue weighted by Crippen LogP contribution is -1.67. The molecule has 1 rings (SSSR count). The van der Waals surface area contributed by atoms with Crippen molar-refractivity contribution in [3.8, 4) is 0 Å². The molecule has 0 radical (unpaired) electrons. The second kappa shape index (κ2) is 6.40. The van der Waals surface area contributed by atoms with Crippen LogP contribution in [0.5, 0.6) is 0 Å². The van der Waals surface area contributed by atoms with E-state index >= 15 is 0 Å². The third-order valence-electron chi connectivity index (χ3n) is 1.26.